The van der Waals surface area contributed by atoms with E-state index in [0.29, 0.717) is 19.3 Å². The molecule has 0 aromatic carbocycles. The van der Waals surface area contributed by atoms with Crippen LogP contribution in [-0.4, -0.2) is 40.1 Å². The Hall–Kier alpha value is -0.583. The molecule has 0 radical (unpaired) electrons. The predicted molar refractivity (Wildman–Crippen MR) is 114 cm³/mol. The van der Waals surface area contributed by atoms with E-state index in [9.17, 15) is 21.6 Å². The molecule has 10 heteroatoms. The van der Waals surface area contributed by atoms with Gasteiger partial charge < -0.3 is 13.3 Å². The minimum Gasteiger partial charge on any atom is -0.412 e. The summed E-state index contributed by atoms with van der Waals surface area (Å²) >= 11 is 0. The minimum absolute atomic E-state index is 0.0662. The molecule has 1 aliphatic heterocycles. The summed E-state index contributed by atoms with van der Waals surface area (Å²) in [5.41, 5.74) is -7.04. The normalized spacial score (nSPS) is 38.6. The molecule has 2 aliphatic carbocycles. The Bertz CT molecular complexity index is 848. The molecule has 31 heavy (non-hydrogen) atoms. The van der Waals surface area contributed by atoms with Gasteiger partial charge >= 0.3 is 15.6 Å². The summed E-state index contributed by atoms with van der Waals surface area (Å²) in [6.07, 6.45) is 4.57. The molecule has 180 valence electrons. The average Bonchev–Trinajstić information content (AvgIpc) is 2.85. The van der Waals surface area contributed by atoms with Crippen LogP contribution < -0.4 is 0 Å². The molecule has 0 aromatic heterocycles. The molecule has 0 spiro atoms. The topological polar surface area (TPSA) is 61.8 Å². The molecule has 3 rings (SSSR count). The van der Waals surface area contributed by atoms with E-state index in [1.54, 1.807) is 0 Å². The molecule has 0 unspecified atom stereocenters. The van der Waals surface area contributed by atoms with Gasteiger partial charge in [-0.15, -0.1) is 0 Å². The van der Waals surface area contributed by atoms with Crippen molar-refractivity contribution in [2.45, 2.75) is 103 Å². The van der Waals surface area contributed by atoms with E-state index < -0.39 is 35.0 Å². The third kappa shape index (κ3) is 4.46. The molecule has 1 saturated carbocycles. The Morgan fingerprint density at radius 3 is 2.26 bits per heavy atom. The highest BCUT2D eigenvalue weighted by Gasteiger charge is 2.62. The van der Waals surface area contributed by atoms with E-state index in [1.165, 1.54) is 6.08 Å². The van der Waals surface area contributed by atoms with Gasteiger partial charge in [-0.1, -0.05) is 13.8 Å². The second-order valence-electron chi connectivity index (χ2n) is 11.3. The minimum atomic E-state index is -5.69. The lowest BCUT2D eigenvalue weighted by atomic mass is 9.54. The Labute approximate surface area is 185 Å². The zero-order valence-electron chi connectivity index (χ0n) is 19.4. The highest BCUT2D eigenvalue weighted by Crippen LogP contribution is 2.63. The van der Waals surface area contributed by atoms with Crippen molar-refractivity contribution in [3.63, 3.8) is 0 Å². The fraction of sp³-hybridized carbons (Fsp3) is 0.905. The first-order valence-electron chi connectivity index (χ1n) is 10.9. The van der Waals surface area contributed by atoms with Gasteiger partial charge in [0.1, 0.15) is 5.76 Å². The Morgan fingerprint density at radius 2 is 1.71 bits per heavy atom. The first kappa shape index (κ1) is 25.0. The summed E-state index contributed by atoms with van der Waals surface area (Å²) < 4.78 is 79.9. The molecule has 2 fully saturated rings. The van der Waals surface area contributed by atoms with E-state index in [4.69, 9.17) is 9.16 Å². The number of halogens is 3. The number of fused-ring (bicyclic) bond motifs is 3. The Morgan fingerprint density at radius 1 is 1.10 bits per heavy atom. The van der Waals surface area contributed by atoms with Crippen molar-refractivity contribution in [3.8, 4) is 0 Å². The van der Waals surface area contributed by atoms with Crippen molar-refractivity contribution in [3.05, 3.63) is 11.8 Å². The van der Waals surface area contributed by atoms with E-state index in [-0.39, 0.29) is 29.3 Å². The lowest BCUT2D eigenvalue weighted by Gasteiger charge is -2.53. The van der Waals surface area contributed by atoms with Crippen LogP contribution >= 0.6 is 0 Å². The van der Waals surface area contributed by atoms with Crippen LogP contribution in [0.2, 0.25) is 19.6 Å². The summed E-state index contributed by atoms with van der Waals surface area (Å²) in [4.78, 5) is 0. The molecule has 3 aliphatic rings. The van der Waals surface area contributed by atoms with Gasteiger partial charge in [0.15, 0.2) is 8.32 Å². The van der Waals surface area contributed by atoms with Crippen LogP contribution in [0.1, 0.15) is 59.8 Å². The van der Waals surface area contributed by atoms with Crippen molar-refractivity contribution in [1.82, 2.24) is 0 Å². The second kappa shape index (κ2) is 7.46. The maximum Gasteiger partial charge on any atom is 0.534 e. The fourth-order valence-electron chi connectivity index (χ4n) is 5.85. The van der Waals surface area contributed by atoms with Crippen LogP contribution in [0.15, 0.2) is 11.8 Å². The quantitative estimate of drug-likeness (QED) is 0.289. The van der Waals surface area contributed by atoms with E-state index in [2.05, 4.69) is 44.6 Å². The average molecular weight is 485 g/mol. The third-order valence-electron chi connectivity index (χ3n) is 7.47. The fourth-order valence-corrected chi connectivity index (χ4v) is 7.70. The second-order valence-corrected chi connectivity index (χ2v) is 17.3. The molecule has 5 nitrogen and oxygen atoms in total. The van der Waals surface area contributed by atoms with Crippen molar-refractivity contribution in [1.29, 1.82) is 0 Å². The van der Waals surface area contributed by atoms with Crippen LogP contribution in [-0.2, 0) is 23.5 Å². The zero-order valence-corrected chi connectivity index (χ0v) is 21.2. The highest BCUT2D eigenvalue weighted by molar-refractivity contribution is 7.87. The van der Waals surface area contributed by atoms with E-state index >= 15 is 0 Å². The van der Waals surface area contributed by atoms with Crippen LogP contribution in [0, 0.1) is 16.7 Å². The number of rotatable bonds is 4. The van der Waals surface area contributed by atoms with Gasteiger partial charge in [-0.05, 0) is 83.0 Å². The number of allylic oxidation sites excluding steroid dienone is 2. The monoisotopic (exact) mass is 484 g/mol. The molecule has 1 heterocycles. The lowest BCUT2D eigenvalue weighted by molar-refractivity contribution is -0.181. The summed E-state index contributed by atoms with van der Waals surface area (Å²) in [6, 6.07) is 0. The van der Waals surface area contributed by atoms with Gasteiger partial charge in [-0.3, -0.25) is 0 Å². The smallest absolute Gasteiger partial charge is 0.412 e. The molecule has 0 aromatic rings. The number of alkyl halides is 3. The number of ether oxygens (including phenoxy) is 1. The maximum atomic E-state index is 12.9. The molecular formula is C21H35F3O5SSi. The van der Waals surface area contributed by atoms with Crippen molar-refractivity contribution < 1.29 is 34.9 Å². The van der Waals surface area contributed by atoms with Gasteiger partial charge in [-0.2, -0.15) is 21.6 Å². The first-order valence-corrected chi connectivity index (χ1v) is 15.7. The van der Waals surface area contributed by atoms with Gasteiger partial charge in [0.05, 0.1) is 17.8 Å². The van der Waals surface area contributed by atoms with Crippen molar-refractivity contribution >= 4 is 18.4 Å². The van der Waals surface area contributed by atoms with Crippen molar-refractivity contribution in [2.75, 3.05) is 0 Å². The van der Waals surface area contributed by atoms with E-state index in [1.807, 2.05) is 6.92 Å². The molecule has 0 bridgehead atoms. The molecule has 0 N–H and O–H groups in total. The molecule has 1 saturated heterocycles. The van der Waals surface area contributed by atoms with Crippen LogP contribution in [0.25, 0.3) is 0 Å². The Kier molecular flexibility index (Phi) is 6.03. The zero-order chi connectivity index (χ0) is 23.7. The van der Waals surface area contributed by atoms with Gasteiger partial charge in [-0.25, -0.2) is 0 Å². The third-order valence-corrected chi connectivity index (χ3v) is 9.43. The number of hydrogen-bond donors (Lipinski definition) is 0. The predicted octanol–water partition coefficient (Wildman–Crippen LogP) is 5.74. The van der Waals surface area contributed by atoms with Crippen LogP contribution in [0.4, 0.5) is 13.2 Å². The summed E-state index contributed by atoms with van der Waals surface area (Å²) in [7, 11) is -7.50. The largest absolute Gasteiger partial charge is 0.534 e. The summed E-state index contributed by atoms with van der Waals surface area (Å²) in [5.74, 6) is -0.147. The first-order chi connectivity index (χ1) is 13.8. The standard InChI is InChI=1S/C21H35F3O5SSi/c1-18(2)15(29-31(5,6)7)10-12-19(3)14-8-9-17(28-30(25,26)21(22,23)24)20(14,4)13-11-16(19)27-18/h9,14-16H,8,10-13H2,1-7H3/t14-,15-,16-,19-,20-/m1/s1. The summed E-state index contributed by atoms with van der Waals surface area (Å²) in [6.45, 7) is 14.5. The van der Waals surface area contributed by atoms with Crippen LogP contribution in [0.5, 0.6) is 0 Å². The molecule has 0 amide bonds. The van der Waals surface area contributed by atoms with Gasteiger partial charge in [0.25, 0.3) is 0 Å². The highest BCUT2D eigenvalue weighted by atomic mass is 32.2. The van der Waals surface area contributed by atoms with Crippen LogP contribution in [0.3, 0.4) is 0 Å². The SMILES string of the molecule is CC1(C)O[C@@H]2CC[C@@]3(C)C(OS(=O)(=O)C(F)(F)F)=CC[C@@H]3[C@@]2(C)CC[C@H]1O[Si](C)(C)C. The molecular weight excluding hydrogens is 449 g/mol. The number of hydrogen-bond acceptors (Lipinski definition) is 5. The lowest BCUT2D eigenvalue weighted by Crippen LogP contribution is -2.53. The van der Waals surface area contributed by atoms with Gasteiger partial charge in [0.2, 0.25) is 0 Å². The maximum absolute atomic E-state index is 12.9. The molecule has 5 atom stereocenters. The van der Waals surface area contributed by atoms with E-state index in [0.717, 1.165) is 12.8 Å². The Balaban J connectivity index is 1.88. The van der Waals surface area contributed by atoms with Gasteiger partial charge in [0, 0.05) is 5.41 Å². The van der Waals surface area contributed by atoms with Crippen molar-refractivity contribution in [2.24, 2.45) is 16.7 Å². The summed E-state index contributed by atoms with van der Waals surface area (Å²) in [5, 5.41) is 0.